The molecule has 0 aromatic heterocycles. The van der Waals surface area contributed by atoms with Gasteiger partial charge < -0.3 is 0 Å². The lowest BCUT2D eigenvalue weighted by Crippen LogP contribution is -2.19. The quantitative estimate of drug-likeness (QED) is 0.542. The van der Waals surface area contributed by atoms with E-state index < -0.39 is 0 Å². The molecule has 2 fully saturated rings. The molecule has 2 saturated carbocycles. The lowest BCUT2D eigenvalue weighted by Gasteiger charge is -2.30. The lowest BCUT2D eigenvalue weighted by molar-refractivity contribution is -0.117. The highest BCUT2D eigenvalue weighted by Crippen LogP contribution is 2.40. The number of carbonyl (C=O) groups is 1. The monoisotopic (exact) mass is 138 g/mol. The standard InChI is InChI=1S/C9H14O/c10-9-5-4-8(6-9)7-2-1-3-7/h7-8H,1-6H2. The Labute approximate surface area is 61.8 Å². The van der Waals surface area contributed by atoms with Crippen molar-refractivity contribution in [2.24, 2.45) is 11.8 Å². The summed E-state index contributed by atoms with van der Waals surface area (Å²) in [5.74, 6) is 2.24. The molecule has 1 nitrogen and oxygen atoms in total. The molecule has 0 bridgehead atoms. The van der Waals surface area contributed by atoms with Crippen molar-refractivity contribution in [2.45, 2.75) is 38.5 Å². The SMILES string of the molecule is O=C1CCC(C2CCC2)C1. The van der Waals surface area contributed by atoms with Crippen LogP contribution in [0.2, 0.25) is 0 Å². The Morgan fingerprint density at radius 3 is 2.30 bits per heavy atom. The van der Waals surface area contributed by atoms with Crippen molar-refractivity contribution in [2.75, 3.05) is 0 Å². The average Bonchev–Trinajstić information content (AvgIpc) is 2.10. The minimum absolute atomic E-state index is 0.511. The van der Waals surface area contributed by atoms with Crippen LogP contribution < -0.4 is 0 Å². The Hall–Kier alpha value is -0.330. The van der Waals surface area contributed by atoms with E-state index in [-0.39, 0.29) is 0 Å². The first kappa shape index (κ1) is 6.38. The van der Waals surface area contributed by atoms with Gasteiger partial charge in [0.2, 0.25) is 0 Å². The van der Waals surface area contributed by atoms with Gasteiger partial charge in [-0.2, -0.15) is 0 Å². The summed E-state index contributed by atoms with van der Waals surface area (Å²) in [6.45, 7) is 0. The van der Waals surface area contributed by atoms with Gasteiger partial charge in [0.1, 0.15) is 5.78 Å². The van der Waals surface area contributed by atoms with E-state index in [0.29, 0.717) is 5.78 Å². The molecular formula is C9H14O. The smallest absolute Gasteiger partial charge is 0.133 e. The molecule has 56 valence electrons. The molecule has 0 heterocycles. The van der Waals surface area contributed by atoms with E-state index in [1.54, 1.807) is 0 Å². The predicted molar refractivity (Wildman–Crippen MR) is 39.7 cm³/mol. The highest BCUT2D eigenvalue weighted by molar-refractivity contribution is 5.80. The summed E-state index contributed by atoms with van der Waals surface area (Å²) in [6, 6.07) is 0. The molecule has 10 heavy (non-hydrogen) atoms. The molecule has 0 N–H and O–H groups in total. The van der Waals surface area contributed by atoms with E-state index >= 15 is 0 Å². The number of hydrogen-bond acceptors (Lipinski definition) is 1. The number of carbonyl (C=O) groups excluding carboxylic acids is 1. The van der Waals surface area contributed by atoms with Gasteiger partial charge in [-0.05, 0) is 18.3 Å². The largest absolute Gasteiger partial charge is 0.300 e. The average molecular weight is 138 g/mol. The van der Waals surface area contributed by atoms with E-state index in [1.807, 2.05) is 0 Å². The van der Waals surface area contributed by atoms with Gasteiger partial charge in [0.25, 0.3) is 0 Å². The number of ketones is 1. The van der Waals surface area contributed by atoms with Crippen molar-refractivity contribution < 1.29 is 4.79 Å². The van der Waals surface area contributed by atoms with Crippen molar-refractivity contribution in [3.63, 3.8) is 0 Å². The van der Waals surface area contributed by atoms with Crippen LogP contribution in [0, 0.1) is 11.8 Å². The van der Waals surface area contributed by atoms with E-state index in [1.165, 1.54) is 25.7 Å². The van der Waals surface area contributed by atoms with Crippen LogP contribution in [-0.4, -0.2) is 5.78 Å². The second kappa shape index (κ2) is 2.37. The van der Waals surface area contributed by atoms with Gasteiger partial charge in [0.05, 0.1) is 0 Å². The maximum Gasteiger partial charge on any atom is 0.133 e. The van der Waals surface area contributed by atoms with Crippen LogP contribution in [-0.2, 0) is 4.79 Å². The molecule has 0 radical (unpaired) electrons. The van der Waals surface area contributed by atoms with Crippen LogP contribution in [0.15, 0.2) is 0 Å². The van der Waals surface area contributed by atoms with Crippen LogP contribution in [0.1, 0.15) is 38.5 Å². The zero-order chi connectivity index (χ0) is 6.97. The summed E-state index contributed by atoms with van der Waals surface area (Å²) in [5.41, 5.74) is 0. The van der Waals surface area contributed by atoms with Crippen LogP contribution in [0.25, 0.3) is 0 Å². The Morgan fingerprint density at radius 1 is 1.10 bits per heavy atom. The molecular weight excluding hydrogens is 124 g/mol. The summed E-state index contributed by atoms with van der Waals surface area (Å²) in [5, 5.41) is 0. The fourth-order valence-corrected chi connectivity index (χ4v) is 2.16. The normalized spacial score (nSPS) is 34.4. The summed E-state index contributed by atoms with van der Waals surface area (Å²) < 4.78 is 0. The Morgan fingerprint density at radius 2 is 1.90 bits per heavy atom. The van der Waals surface area contributed by atoms with E-state index in [2.05, 4.69) is 0 Å². The van der Waals surface area contributed by atoms with Crippen molar-refractivity contribution >= 4 is 5.78 Å². The van der Waals surface area contributed by atoms with Crippen LogP contribution in [0.3, 0.4) is 0 Å². The third kappa shape index (κ3) is 0.979. The van der Waals surface area contributed by atoms with Gasteiger partial charge in [0.15, 0.2) is 0 Å². The van der Waals surface area contributed by atoms with Gasteiger partial charge >= 0.3 is 0 Å². The first-order valence-electron chi connectivity index (χ1n) is 4.38. The Balaban J connectivity index is 1.88. The first-order valence-corrected chi connectivity index (χ1v) is 4.38. The number of rotatable bonds is 1. The molecule has 1 unspecified atom stereocenters. The fraction of sp³-hybridized carbons (Fsp3) is 0.889. The molecule has 1 heteroatoms. The topological polar surface area (TPSA) is 17.1 Å². The minimum atomic E-state index is 0.511. The third-order valence-corrected chi connectivity index (χ3v) is 3.10. The number of Topliss-reactive ketones (excluding diaryl/α,β-unsaturated/α-hetero) is 1. The van der Waals surface area contributed by atoms with E-state index in [4.69, 9.17) is 0 Å². The maximum atomic E-state index is 10.9. The van der Waals surface area contributed by atoms with Gasteiger partial charge in [-0.1, -0.05) is 19.3 Å². The van der Waals surface area contributed by atoms with Crippen LogP contribution in [0.5, 0.6) is 0 Å². The summed E-state index contributed by atoms with van der Waals surface area (Å²) in [4.78, 5) is 10.9. The molecule has 2 aliphatic carbocycles. The zero-order valence-corrected chi connectivity index (χ0v) is 6.31. The maximum absolute atomic E-state index is 10.9. The molecule has 0 amide bonds. The first-order chi connectivity index (χ1) is 4.86. The van der Waals surface area contributed by atoms with Gasteiger partial charge in [0, 0.05) is 12.8 Å². The Kier molecular flexibility index (Phi) is 1.51. The summed E-state index contributed by atoms with van der Waals surface area (Å²) in [6.07, 6.45) is 7.20. The molecule has 0 aromatic rings. The van der Waals surface area contributed by atoms with Crippen molar-refractivity contribution in [3.05, 3.63) is 0 Å². The number of hydrogen-bond donors (Lipinski definition) is 0. The van der Waals surface area contributed by atoms with Crippen LogP contribution >= 0.6 is 0 Å². The molecule has 2 rings (SSSR count). The van der Waals surface area contributed by atoms with Gasteiger partial charge in [-0.15, -0.1) is 0 Å². The van der Waals surface area contributed by atoms with E-state index in [0.717, 1.165) is 24.7 Å². The highest BCUT2D eigenvalue weighted by atomic mass is 16.1. The molecule has 0 aliphatic heterocycles. The second-order valence-corrected chi connectivity index (χ2v) is 3.73. The lowest BCUT2D eigenvalue weighted by atomic mass is 9.75. The minimum Gasteiger partial charge on any atom is -0.300 e. The van der Waals surface area contributed by atoms with Crippen molar-refractivity contribution in [3.8, 4) is 0 Å². The van der Waals surface area contributed by atoms with Crippen molar-refractivity contribution in [1.29, 1.82) is 0 Å². The summed E-state index contributed by atoms with van der Waals surface area (Å²) >= 11 is 0. The predicted octanol–water partition coefficient (Wildman–Crippen LogP) is 2.16. The van der Waals surface area contributed by atoms with E-state index in [9.17, 15) is 4.79 Å². The van der Waals surface area contributed by atoms with Gasteiger partial charge in [-0.3, -0.25) is 4.79 Å². The van der Waals surface area contributed by atoms with Crippen LogP contribution in [0.4, 0.5) is 0 Å². The molecule has 0 saturated heterocycles. The van der Waals surface area contributed by atoms with Gasteiger partial charge in [-0.25, -0.2) is 0 Å². The molecule has 2 aliphatic rings. The highest BCUT2D eigenvalue weighted by Gasteiger charge is 2.32. The molecule has 0 aromatic carbocycles. The zero-order valence-electron chi connectivity index (χ0n) is 6.31. The Bertz CT molecular complexity index is 147. The fourth-order valence-electron chi connectivity index (χ4n) is 2.16. The van der Waals surface area contributed by atoms with Crippen molar-refractivity contribution in [1.82, 2.24) is 0 Å². The summed E-state index contributed by atoms with van der Waals surface area (Å²) in [7, 11) is 0. The second-order valence-electron chi connectivity index (χ2n) is 3.73. The molecule has 1 atom stereocenters. The third-order valence-electron chi connectivity index (χ3n) is 3.10. The molecule has 0 spiro atoms.